The summed E-state index contributed by atoms with van der Waals surface area (Å²) in [5, 5.41) is 16.0. The van der Waals surface area contributed by atoms with Gasteiger partial charge in [0.25, 0.3) is 5.91 Å². The van der Waals surface area contributed by atoms with Crippen LogP contribution >= 0.6 is 0 Å². The van der Waals surface area contributed by atoms with Gasteiger partial charge in [-0.1, -0.05) is 37.1 Å². The van der Waals surface area contributed by atoms with Gasteiger partial charge in [0.15, 0.2) is 0 Å². The molecule has 3 N–H and O–H groups in total. The molecule has 0 saturated heterocycles. The maximum Gasteiger partial charge on any atom is 0.251 e. The molecule has 0 bridgehead atoms. The number of hydrogen-bond acceptors (Lipinski definition) is 4. The highest BCUT2D eigenvalue weighted by Gasteiger charge is 2.24. The summed E-state index contributed by atoms with van der Waals surface area (Å²) in [5.41, 5.74) is 4.58. The van der Waals surface area contributed by atoms with Crippen LogP contribution in [0.15, 0.2) is 66.7 Å². The van der Waals surface area contributed by atoms with Crippen LogP contribution in [0.2, 0.25) is 0 Å². The summed E-state index contributed by atoms with van der Waals surface area (Å²) < 4.78 is 15.3. The van der Waals surface area contributed by atoms with Crippen LogP contribution in [-0.4, -0.2) is 38.6 Å². The smallest absolute Gasteiger partial charge is 0.251 e. The van der Waals surface area contributed by atoms with Crippen LogP contribution in [0.3, 0.4) is 0 Å². The topological polar surface area (TPSA) is 96.2 Å². The van der Waals surface area contributed by atoms with Crippen molar-refractivity contribution in [3.05, 3.63) is 95.1 Å². The van der Waals surface area contributed by atoms with Crippen molar-refractivity contribution in [1.29, 1.82) is 0 Å². The molecule has 3 aromatic carbocycles. The lowest BCUT2D eigenvalue weighted by Gasteiger charge is -2.28. The van der Waals surface area contributed by atoms with Crippen molar-refractivity contribution in [2.75, 3.05) is 0 Å². The second kappa shape index (κ2) is 11.1. The second-order valence-corrected chi connectivity index (χ2v) is 9.88. The number of aliphatic hydroxyl groups is 1. The number of fused-ring (bicyclic) bond motifs is 1. The summed E-state index contributed by atoms with van der Waals surface area (Å²) >= 11 is 0. The third kappa shape index (κ3) is 5.75. The Hall–Kier alpha value is -4.04. The molecule has 0 aliphatic heterocycles. The van der Waals surface area contributed by atoms with Gasteiger partial charge in [-0.15, -0.1) is 0 Å². The molecule has 38 heavy (non-hydrogen) atoms. The SMILES string of the molecule is Cc1nc2ccc(C(=O)NCc3ccc(CC(=O)NC4CCCCC4O)cc3)cc2n1-c1ccc(F)cc1. The summed E-state index contributed by atoms with van der Waals surface area (Å²) in [6, 6.07) is 18.9. The Balaban J connectivity index is 1.20. The van der Waals surface area contributed by atoms with Gasteiger partial charge in [-0.05, 0) is 73.4 Å². The van der Waals surface area contributed by atoms with Crippen molar-refractivity contribution < 1.29 is 19.1 Å². The third-order valence-electron chi connectivity index (χ3n) is 7.09. The molecule has 5 rings (SSSR count). The summed E-state index contributed by atoms with van der Waals surface area (Å²) in [4.78, 5) is 29.9. The largest absolute Gasteiger partial charge is 0.391 e. The lowest BCUT2D eigenvalue weighted by atomic mass is 9.92. The van der Waals surface area contributed by atoms with Crippen LogP contribution in [0.25, 0.3) is 16.7 Å². The minimum absolute atomic E-state index is 0.0949. The monoisotopic (exact) mass is 514 g/mol. The van der Waals surface area contributed by atoms with Gasteiger partial charge >= 0.3 is 0 Å². The van der Waals surface area contributed by atoms with Gasteiger partial charge < -0.3 is 15.7 Å². The fourth-order valence-electron chi connectivity index (χ4n) is 5.04. The van der Waals surface area contributed by atoms with Gasteiger partial charge in [0.1, 0.15) is 11.6 Å². The Morgan fingerprint density at radius 1 is 1.00 bits per heavy atom. The number of hydrogen-bond donors (Lipinski definition) is 3. The van der Waals surface area contributed by atoms with Crippen molar-refractivity contribution in [1.82, 2.24) is 20.2 Å². The first kappa shape index (κ1) is 25.6. The Bertz CT molecular complexity index is 1450. The number of aromatic nitrogens is 2. The van der Waals surface area contributed by atoms with E-state index in [0.717, 1.165) is 59.4 Å². The van der Waals surface area contributed by atoms with Crippen LogP contribution in [0.5, 0.6) is 0 Å². The second-order valence-electron chi connectivity index (χ2n) is 9.88. The molecule has 4 aromatic rings. The predicted molar refractivity (Wildman–Crippen MR) is 143 cm³/mol. The van der Waals surface area contributed by atoms with E-state index in [-0.39, 0.29) is 30.1 Å². The molecule has 1 saturated carbocycles. The van der Waals surface area contributed by atoms with Crippen LogP contribution in [0.4, 0.5) is 4.39 Å². The Kier molecular flexibility index (Phi) is 7.51. The summed E-state index contributed by atoms with van der Waals surface area (Å²) in [6.07, 6.45) is 3.35. The zero-order valence-corrected chi connectivity index (χ0v) is 21.3. The molecule has 8 heteroatoms. The number of aryl methyl sites for hydroxylation is 1. The molecule has 1 aliphatic rings. The quantitative estimate of drug-likeness (QED) is 0.341. The molecule has 1 heterocycles. The van der Waals surface area contributed by atoms with E-state index in [1.165, 1.54) is 12.1 Å². The molecular formula is C30H31FN4O3. The molecule has 2 atom stereocenters. The standard InChI is InChI=1S/C30H31FN4O3/c1-19-33-25-15-10-22(17-27(25)35(19)24-13-11-23(31)12-14-24)30(38)32-18-21-8-6-20(7-9-21)16-29(37)34-26-4-2-3-5-28(26)36/h6-15,17,26,28,36H,2-5,16,18H2,1H3,(H,32,38)(H,34,37). The molecule has 0 spiro atoms. The number of benzene rings is 3. The van der Waals surface area contributed by atoms with Crippen molar-refractivity contribution in [2.24, 2.45) is 0 Å². The van der Waals surface area contributed by atoms with Crippen molar-refractivity contribution in [2.45, 2.75) is 57.7 Å². The van der Waals surface area contributed by atoms with Gasteiger partial charge in [-0.2, -0.15) is 0 Å². The Morgan fingerprint density at radius 2 is 1.71 bits per heavy atom. The number of nitrogens with one attached hydrogen (secondary N) is 2. The fraction of sp³-hybridized carbons (Fsp3) is 0.300. The van der Waals surface area contributed by atoms with Gasteiger partial charge in [0, 0.05) is 17.8 Å². The zero-order valence-electron chi connectivity index (χ0n) is 21.3. The number of carbonyl (C=O) groups excluding carboxylic acids is 2. The van der Waals surface area contributed by atoms with Gasteiger partial charge in [-0.25, -0.2) is 9.37 Å². The van der Waals surface area contributed by atoms with E-state index in [2.05, 4.69) is 15.6 Å². The molecule has 2 amide bonds. The first-order valence-corrected chi connectivity index (χ1v) is 13.0. The van der Waals surface area contributed by atoms with Gasteiger partial charge in [0.05, 0.1) is 29.6 Å². The summed E-state index contributed by atoms with van der Waals surface area (Å²) in [7, 11) is 0. The average molecular weight is 515 g/mol. The molecule has 1 aliphatic carbocycles. The van der Waals surface area contributed by atoms with Crippen molar-refractivity contribution in [3.63, 3.8) is 0 Å². The number of rotatable bonds is 7. The Labute approximate surface area is 220 Å². The number of halogens is 1. The third-order valence-corrected chi connectivity index (χ3v) is 7.09. The van der Waals surface area contributed by atoms with E-state index in [1.807, 2.05) is 41.8 Å². The predicted octanol–water partition coefficient (Wildman–Crippen LogP) is 4.37. The van der Waals surface area contributed by atoms with Gasteiger partial charge in [0.2, 0.25) is 5.91 Å². The number of aliphatic hydroxyl groups excluding tert-OH is 1. The van der Waals surface area contributed by atoms with Crippen LogP contribution < -0.4 is 10.6 Å². The molecule has 1 fully saturated rings. The maximum absolute atomic E-state index is 13.4. The molecule has 7 nitrogen and oxygen atoms in total. The molecule has 1 aromatic heterocycles. The minimum Gasteiger partial charge on any atom is -0.391 e. The normalized spacial score (nSPS) is 17.3. The van der Waals surface area contributed by atoms with Crippen molar-refractivity contribution in [3.8, 4) is 5.69 Å². The van der Waals surface area contributed by atoms with E-state index in [9.17, 15) is 19.1 Å². The van der Waals surface area contributed by atoms with E-state index in [1.54, 1.807) is 24.3 Å². The van der Waals surface area contributed by atoms with E-state index in [4.69, 9.17) is 0 Å². The molecule has 2 unspecified atom stereocenters. The number of imidazole rings is 1. The molecular weight excluding hydrogens is 483 g/mol. The number of nitrogens with zero attached hydrogens (tertiary/aromatic N) is 2. The highest BCUT2D eigenvalue weighted by atomic mass is 19.1. The number of carbonyl (C=O) groups is 2. The van der Waals surface area contributed by atoms with Crippen LogP contribution in [0.1, 0.15) is 53.0 Å². The van der Waals surface area contributed by atoms with Crippen molar-refractivity contribution >= 4 is 22.8 Å². The van der Waals surface area contributed by atoms with Gasteiger partial charge in [-0.3, -0.25) is 14.2 Å². The van der Waals surface area contributed by atoms with Crippen LogP contribution in [-0.2, 0) is 17.8 Å². The lowest BCUT2D eigenvalue weighted by molar-refractivity contribution is -0.122. The van der Waals surface area contributed by atoms with E-state index >= 15 is 0 Å². The fourth-order valence-corrected chi connectivity index (χ4v) is 5.04. The number of amides is 2. The molecule has 196 valence electrons. The van der Waals surface area contributed by atoms with E-state index in [0.29, 0.717) is 12.1 Å². The van der Waals surface area contributed by atoms with E-state index < -0.39 is 6.10 Å². The zero-order chi connectivity index (χ0) is 26.6. The maximum atomic E-state index is 13.4. The van der Waals surface area contributed by atoms with Crippen LogP contribution in [0, 0.1) is 12.7 Å². The first-order chi connectivity index (χ1) is 18.4. The highest BCUT2D eigenvalue weighted by Crippen LogP contribution is 2.23. The highest BCUT2D eigenvalue weighted by molar-refractivity contribution is 5.97. The summed E-state index contributed by atoms with van der Waals surface area (Å²) in [5.74, 6) is 0.118. The minimum atomic E-state index is -0.466. The lowest BCUT2D eigenvalue weighted by Crippen LogP contribution is -2.45. The Morgan fingerprint density at radius 3 is 2.45 bits per heavy atom. The first-order valence-electron chi connectivity index (χ1n) is 13.0. The molecule has 0 radical (unpaired) electrons. The average Bonchev–Trinajstić information content (AvgIpc) is 3.24. The summed E-state index contributed by atoms with van der Waals surface area (Å²) in [6.45, 7) is 2.21.